The Hall–Kier alpha value is -2.68. The number of hydrogen-bond acceptors (Lipinski definition) is 7. The quantitative estimate of drug-likeness (QED) is 0.751. The molecule has 9 heteroatoms. The van der Waals surface area contributed by atoms with Crippen LogP contribution in [0.3, 0.4) is 0 Å². The molecular weight excluding hydrogens is 368 g/mol. The molecule has 0 unspecified atom stereocenters. The van der Waals surface area contributed by atoms with Gasteiger partial charge < -0.3 is 20.1 Å². The number of benzene rings is 1. The van der Waals surface area contributed by atoms with E-state index in [4.69, 9.17) is 9.47 Å². The molecule has 1 aromatic carbocycles. The molecule has 0 atom stereocenters. The maximum atomic E-state index is 12.3. The van der Waals surface area contributed by atoms with Gasteiger partial charge in [0, 0.05) is 30.0 Å². The van der Waals surface area contributed by atoms with Crippen LogP contribution in [0.1, 0.15) is 42.6 Å². The second-order valence-corrected chi connectivity index (χ2v) is 7.80. The molecule has 1 heterocycles. The molecular formula is C18H24N4O4S. The summed E-state index contributed by atoms with van der Waals surface area (Å²) in [6, 6.07) is 4.89. The number of anilines is 1. The molecule has 0 aliphatic rings. The van der Waals surface area contributed by atoms with Gasteiger partial charge in [-0.3, -0.25) is 9.59 Å². The van der Waals surface area contributed by atoms with E-state index in [1.54, 1.807) is 18.2 Å². The predicted molar refractivity (Wildman–Crippen MR) is 104 cm³/mol. The Morgan fingerprint density at radius 2 is 1.70 bits per heavy atom. The lowest BCUT2D eigenvalue weighted by molar-refractivity contribution is -0.116. The van der Waals surface area contributed by atoms with E-state index in [0.29, 0.717) is 22.2 Å². The average Bonchev–Trinajstić information content (AvgIpc) is 3.09. The Morgan fingerprint density at radius 1 is 1.07 bits per heavy atom. The highest BCUT2D eigenvalue weighted by Gasteiger charge is 2.20. The number of hydrogen-bond donors (Lipinski definition) is 2. The number of rotatable bonds is 7. The van der Waals surface area contributed by atoms with Gasteiger partial charge in [-0.05, 0) is 12.1 Å². The number of carbonyl (C=O) groups excluding carboxylic acids is 2. The third-order valence-electron chi connectivity index (χ3n) is 3.56. The van der Waals surface area contributed by atoms with Crippen LogP contribution in [0, 0.1) is 0 Å². The second kappa shape index (κ2) is 8.81. The molecule has 0 radical (unpaired) electrons. The van der Waals surface area contributed by atoms with Crippen LogP contribution < -0.4 is 20.1 Å². The minimum atomic E-state index is -0.314. The smallest absolute Gasteiger partial charge is 0.251 e. The largest absolute Gasteiger partial charge is 0.497 e. The van der Waals surface area contributed by atoms with Crippen molar-refractivity contribution in [2.45, 2.75) is 32.6 Å². The highest BCUT2D eigenvalue weighted by Crippen LogP contribution is 2.27. The molecule has 8 nitrogen and oxygen atoms in total. The van der Waals surface area contributed by atoms with Gasteiger partial charge in [-0.1, -0.05) is 32.1 Å². The van der Waals surface area contributed by atoms with E-state index in [0.717, 1.165) is 5.01 Å². The van der Waals surface area contributed by atoms with Gasteiger partial charge in [0.2, 0.25) is 11.0 Å². The first-order valence-electron chi connectivity index (χ1n) is 8.38. The average molecular weight is 392 g/mol. The van der Waals surface area contributed by atoms with Crippen LogP contribution in [0.25, 0.3) is 0 Å². The molecule has 0 saturated heterocycles. The number of ether oxygens (including phenoxy) is 2. The number of nitrogens with one attached hydrogen (secondary N) is 2. The number of nitrogens with zero attached hydrogens (tertiary/aromatic N) is 2. The second-order valence-electron chi connectivity index (χ2n) is 6.82. The number of carbonyl (C=O) groups is 2. The summed E-state index contributed by atoms with van der Waals surface area (Å²) in [5.74, 6) is 0.479. The first-order chi connectivity index (χ1) is 12.7. The van der Waals surface area contributed by atoms with Crippen LogP contribution in [0.15, 0.2) is 18.2 Å². The molecule has 27 heavy (non-hydrogen) atoms. The molecule has 2 rings (SSSR count). The molecule has 2 amide bonds. The Morgan fingerprint density at radius 3 is 2.22 bits per heavy atom. The molecule has 1 aromatic heterocycles. The summed E-state index contributed by atoms with van der Waals surface area (Å²) in [5, 5.41) is 14.8. The zero-order valence-corrected chi connectivity index (χ0v) is 16.9. The highest BCUT2D eigenvalue weighted by molar-refractivity contribution is 7.15. The van der Waals surface area contributed by atoms with Crippen LogP contribution in [0.5, 0.6) is 11.5 Å². The van der Waals surface area contributed by atoms with E-state index in [1.807, 2.05) is 20.8 Å². The van der Waals surface area contributed by atoms with Crippen LogP contribution in [0.2, 0.25) is 0 Å². The third kappa shape index (κ3) is 5.92. The highest BCUT2D eigenvalue weighted by atomic mass is 32.1. The van der Waals surface area contributed by atoms with E-state index in [-0.39, 0.29) is 30.2 Å². The van der Waals surface area contributed by atoms with E-state index in [9.17, 15) is 9.59 Å². The predicted octanol–water partition coefficient (Wildman–Crippen LogP) is 2.61. The van der Waals surface area contributed by atoms with Crippen LogP contribution in [-0.2, 0) is 10.2 Å². The molecule has 0 aliphatic heterocycles. The fraction of sp³-hybridized carbons (Fsp3) is 0.444. The van der Waals surface area contributed by atoms with Gasteiger partial charge >= 0.3 is 0 Å². The van der Waals surface area contributed by atoms with Crippen molar-refractivity contribution >= 4 is 28.3 Å². The van der Waals surface area contributed by atoms with Crippen molar-refractivity contribution < 1.29 is 19.1 Å². The Bertz CT molecular complexity index is 792. The number of aromatic nitrogens is 2. The van der Waals surface area contributed by atoms with Gasteiger partial charge in [0.15, 0.2) is 0 Å². The molecule has 146 valence electrons. The number of amides is 2. The van der Waals surface area contributed by atoms with Gasteiger partial charge in [-0.15, -0.1) is 10.2 Å². The van der Waals surface area contributed by atoms with Crippen molar-refractivity contribution in [2.24, 2.45) is 0 Å². The van der Waals surface area contributed by atoms with Gasteiger partial charge in [0.1, 0.15) is 16.5 Å². The minimum Gasteiger partial charge on any atom is -0.497 e. The lowest BCUT2D eigenvalue weighted by atomic mass is 9.98. The lowest BCUT2D eigenvalue weighted by Gasteiger charge is -2.12. The number of methoxy groups -OCH3 is 2. The molecule has 2 aromatic rings. The molecule has 0 aliphatic carbocycles. The SMILES string of the molecule is COc1cc(OC)cc(C(=O)NCCC(=O)Nc2nnc(C(C)(C)C)s2)c1. The van der Waals surface area contributed by atoms with Gasteiger partial charge in [-0.25, -0.2) is 0 Å². The van der Waals surface area contributed by atoms with Gasteiger partial charge in [0.25, 0.3) is 5.91 Å². The van der Waals surface area contributed by atoms with Gasteiger partial charge in [-0.2, -0.15) is 0 Å². The fourth-order valence-corrected chi connectivity index (χ4v) is 2.91. The monoisotopic (exact) mass is 392 g/mol. The van der Waals surface area contributed by atoms with Gasteiger partial charge in [0.05, 0.1) is 14.2 Å². The first-order valence-corrected chi connectivity index (χ1v) is 9.19. The molecule has 0 spiro atoms. The summed E-state index contributed by atoms with van der Waals surface area (Å²) in [6.07, 6.45) is 0.122. The maximum Gasteiger partial charge on any atom is 0.251 e. The summed E-state index contributed by atoms with van der Waals surface area (Å²) < 4.78 is 10.3. The third-order valence-corrected chi connectivity index (χ3v) is 4.83. The summed E-state index contributed by atoms with van der Waals surface area (Å²) in [6.45, 7) is 6.28. The summed E-state index contributed by atoms with van der Waals surface area (Å²) >= 11 is 1.34. The lowest BCUT2D eigenvalue weighted by Crippen LogP contribution is -2.27. The zero-order valence-electron chi connectivity index (χ0n) is 16.1. The summed E-state index contributed by atoms with van der Waals surface area (Å²) in [5.41, 5.74) is 0.275. The minimum absolute atomic E-state index is 0.119. The van der Waals surface area contributed by atoms with Crippen LogP contribution in [0.4, 0.5) is 5.13 Å². The Balaban J connectivity index is 1.86. The van der Waals surface area contributed by atoms with E-state index >= 15 is 0 Å². The normalized spacial score (nSPS) is 11.0. The molecule has 2 N–H and O–H groups in total. The van der Waals surface area contributed by atoms with Crippen LogP contribution >= 0.6 is 11.3 Å². The maximum absolute atomic E-state index is 12.3. The van der Waals surface area contributed by atoms with Crippen molar-refractivity contribution in [2.75, 3.05) is 26.1 Å². The Kier molecular flexibility index (Phi) is 6.73. The van der Waals surface area contributed by atoms with Crippen molar-refractivity contribution in [3.8, 4) is 11.5 Å². The van der Waals surface area contributed by atoms with Crippen molar-refractivity contribution in [1.82, 2.24) is 15.5 Å². The first kappa shape index (κ1) is 20.6. The standard InChI is InChI=1S/C18H24N4O4S/c1-18(2,3)16-21-22-17(27-16)20-14(23)6-7-19-15(24)11-8-12(25-4)10-13(9-11)26-5/h8-10H,6-7H2,1-5H3,(H,19,24)(H,20,22,23). The topological polar surface area (TPSA) is 102 Å². The van der Waals surface area contributed by atoms with E-state index in [1.165, 1.54) is 25.6 Å². The van der Waals surface area contributed by atoms with E-state index in [2.05, 4.69) is 20.8 Å². The summed E-state index contributed by atoms with van der Waals surface area (Å²) in [7, 11) is 3.03. The zero-order chi connectivity index (χ0) is 20.0. The Labute approximate surface area is 162 Å². The fourth-order valence-electron chi connectivity index (χ4n) is 2.09. The molecule has 0 fully saturated rings. The van der Waals surface area contributed by atoms with Crippen LogP contribution in [-0.4, -0.2) is 42.8 Å². The molecule has 0 saturated carbocycles. The van der Waals surface area contributed by atoms with Crippen molar-refractivity contribution in [1.29, 1.82) is 0 Å². The van der Waals surface area contributed by atoms with Crippen molar-refractivity contribution in [3.63, 3.8) is 0 Å². The summed E-state index contributed by atoms with van der Waals surface area (Å²) in [4.78, 5) is 24.3. The van der Waals surface area contributed by atoms with Crippen molar-refractivity contribution in [3.05, 3.63) is 28.8 Å². The van der Waals surface area contributed by atoms with E-state index < -0.39 is 0 Å². The molecule has 0 bridgehead atoms.